The molecule has 0 N–H and O–H groups in total. The molecule has 0 unspecified atom stereocenters. The van der Waals surface area contributed by atoms with Crippen molar-refractivity contribution in [2.24, 2.45) is 0 Å². The molecule has 0 spiro atoms. The number of benzene rings is 2. The summed E-state index contributed by atoms with van der Waals surface area (Å²) in [6.45, 7) is 5.64. The van der Waals surface area contributed by atoms with Crippen molar-refractivity contribution < 1.29 is 19.0 Å². The van der Waals surface area contributed by atoms with Crippen LogP contribution in [0.1, 0.15) is 30.6 Å². The van der Waals surface area contributed by atoms with Gasteiger partial charge in [0.1, 0.15) is 5.75 Å². The zero-order valence-electron chi connectivity index (χ0n) is 18.7. The summed E-state index contributed by atoms with van der Waals surface area (Å²) in [5.74, 6) is 2.08. The second-order valence-corrected chi connectivity index (χ2v) is 8.98. The predicted octanol–water partition coefficient (Wildman–Crippen LogP) is 4.83. The third kappa shape index (κ3) is 5.43. The van der Waals surface area contributed by atoms with Gasteiger partial charge in [0.15, 0.2) is 16.6 Å². The number of thiazole rings is 1. The summed E-state index contributed by atoms with van der Waals surface area (Å²) in [4.78, 5) is 22.0. The molecule has 0 radical (unpaired) electrons. The topological polar surface area (TPSA) is 64.1 Å². The summed E-state index contributed by atoms with van der Waals surface area (Å²) in [5, 5.41) is 0.671. The van der Waals surface area contributed by atoms with Gasteiger partial charge in [0.2, 0.25) is 6.79 Å². The summed E-state index contributed by atoms with van der Waals surface area (Å²) in [7, 11) is 4.05. The molecule has 0 bridgehead atoms. The first-order valence-corrected chi connectivity index (χ1v) is 11.2. The Kier molecular flexibility index (Phi) is 7.82. The van der Waals surface area contributed by atoms with Gasteiger partial charge < -0.3 is 19.1 Å². The van der Waals surface area contributed by atoms with Crippen molar-refractivity contribution in [2.75, 3.05) is 38.9 Å². The molecule has 172 valence electrons. The summed E-state index contributed by atoms with van der Waals surface area (Å²) < 4.78 is 17.6. The lowest BCUT2D eigenvalue weighted by molar-refractivity contribution is 0.0986. The summed E-state index contributed by atoms with van der Waals surface area (Å²) in [5.41, 5.74) is 1.41. The minimum Gasteiger partial charge on any atom is -0.491 e. The molecule has 1 aliphatic heterocycles. The van der Waals surface area contributed by atoms with Crippen molar-refractivity contribution in [3.05, 3.63) is 42.0 Å². The Bertz CT molecular complexity index is 1030. The third-order valence-corrected chi connectivity index (χ3v) is 5.85. The summed E-state index contributed by atoms with van der Waals surface area (Å²) >= 11 is 1.48. The highest BCUT2D eigenvalue weighted by atomic mass is 35.5. The van der Waals surface area contributed by atoms with E-state index < -0.39 is 0 Å². The molecule has 2 heterocycles. The zero-order valence-corrected chi connectivity index (χ0v) is 20.3. The van der Waals surface area contributed by atoms with Crippen molar-refractivity contribution in [3.63, 3.8) is 0 Å². The first-order chi connectivity index (χ1) is 14.9. The second-order valence-electron chi connectivity index (χ2n) is 7.97. The first kappa shape index (κ1) is 24.1. The number of aromatic nitrogens is 1. The maximum absolute atomic E-state index is 13.4. The fourth-order valence-electron chi connectivity index (χ4n) is 3.35. The maximum Gasteiger partial charge on any atom is 0.260 e. The molecule has 2 aromatic carbocycles. The third-order valence-electron chi connectivity index (χ3n) is 4.81. The van der Waals surface area contributed by atoms with E-state index in [9.17, 15) is 4.79 Å². The van der Waals surface area contributed by atoms with Crippen LogP contribution < -0.4 is 19.1 Å². The Balaban J connectivity index is 0.00000289. The Hall–Kier alpha value is -2.55. The predicted molar refractivity (Wildman–Crippen MR) is 130 cm³/mol. The fraction of sp³-hybridized carbons (Fsp3) is 0.391. The highest BCUT2D eigenvalue weighted by Gasteiger charge is 2.23. The smallest absolute Gasteiger partial charge is 0.260 e. The molecule has 0 saturated carbocycles. The molecule has 7 nitrogen and oxygen atoms in total. The van der Waals surface area contributed by atoms with E-state index in [1.165, 1.54) is 11.3 Å². The average Bonchev–Trinajstić information content (AvgIpc) is 3.34. The highest BCUT2D eigenvalue weighted by Crippen LogP contribution is 2.40. The number of carbonyl (C=O) groups excluding carboxylic acids is 1. The zero-order chi connectivity index (χ0) is 22.0. The van der Waals surface area contributed by atoms with E-state index in [1.807, 2.05) is 64.3 Å². The number of nitrogens with zero attached hydrogens (tertiary/aromatic N) is 3. The average molecular weight is 478 g/mol. The van der Waals surface area contributed by atoms with Crippen LogP contribution in [-0.2, 0) is 0 Å². The number of halogens is 1. The van der Waals surface area contributed by atoms with Crippen molar-refractivity contribution in [1.82, 2.24) is 9.88 Å². The Labute approximate surface area is 198 Å². The number of anilines is 1. The molecule has 3 aromatic rings. The molecule has 32 heavy (non-hydrogen) atoms. The standard InChI is InChI=1S/C23H27N3O4S.ClH/c1-15(2)30-17-8-6-16(7-9-17)22(27)26(11-5-10-25(3)4)23-24-18-12-19-20(29-14-28-19)13-21(18)31-23;/h6-9,12-13,15H,5,10-11,14H2,1-4H3;1H. The van der Waals surface area contributed by atoms with Crippen molar-refractivity contribution in [1.29, 1.82) is 0 Å². The van der Waals surface area contributed by atoms with Crippen LogP contribution in [0.3, 0.4) is 0 Å². The molecule has 1 amide bonds. The minimum absolute atomic E-state index is 0. The van der Waals surface area contributed by atoms with Gasteiger partial charge >= 0.3 is 0 Å². The fourth-order valence-corrected chi connectivity index (χ4v) is 4.35. The van der Waals surface area contributed by atoms with Crippen LogP contribution in [0.15, 0.2) is 36.4 Å². The molecule has 0 atom stereocenters. The first-order valence-electron chi connectivity index (χ1n) is 10.3. The largest absolute Gasteiger partial charge is 0.491 e. The maximum atomic E-state index is 13.4. The molecule has 1 aliphatic rings. The molecule has 1 aromatic heterocycles. The molecular weight excluding hydrogens is 450 g/mol. The van der Waals surface area contributed by atoms with E-state index in [-0.39, 0.29) is 31.2 Å². The van der Waals surface area contributed by atoms with Gasteiger partial charge in [0.25, 0.3) is 5.91 Å². The Morgan fingerprint density at radius 1 is 1.12 bits per heavy atom. The number of ether oxygens (including phenoxy) is 3. The number of rotatable bonds is 8. The van der Waals surface area contributed by atoms with Gasteiger partial charge in [-0.1, -0.05) is 11.3 Å². The van der Waals surface area contributed by atoms with E-state index in [2.05, 4.69) is 4.90 Å². The lowest BCUT2D eigenvalue weighted by Gasteiger charge is -2.21. The van der Waals surface area contributed by atoms with Gasteiger partial charge in [-0.3, -0.25) is 9.69 Å². The summed E-state index contributed by atoms with van der Waals surface area (Å²) in [6.07, 6.45) is 0.924. The quantitative estimate of drug-likeness (QED) is 0.463. The molecular formula is C23H28ClN3O4S. The SMILES string of the molecule is CC(C)Oc1ccc(C(=O)N(CCCN(C)C)c2nc3cc4c(cc3s2)OCO4)cc1.Cl. The van der Waals surface area contributed by atoms with Crippen LogP contribution in [0, 0.1) is 0 Å². The van der Waals surface area contributed by atoms with Gasteiger partial charge in [-0.25, -0.2) is 4.98 Å². The van der Waals surface area contributed by atoms with Crippen LogP contribution in [0.25, 0.3) is 10.2 Å². The van der Waals surface area contributed by atoms with Gasteiger partial charge in [-0.15, -0.1) is 12.4 Å². The van der Waals surface area contributed by atoms with Crippen LogP contribution in [0.2, 0.25) is 0 Å². The number of fused-ring (bicyclic) bond motifs is 2. The molecule has 0 fully saturated rings. The van der Waals surface area contributed by atoms with Crippen LogP contribution in [0.4, 0.5) is 5.13 Å². The van der Waals surface area contributed by atoms with E-state index in [1.54, 1.807) is 4.90 Å². The van der Waals surface area contributed by atoms with Gasteiger partial charge in [-0.2, -0.15) is 0 Å². The summed E-state index contributed by atoms with van der Waals surface area (Å²) in [6, 6.07) is 11.1. The highest BCUT2D eigenvalue weighted by molar-refractivity contribution is 7.22. The second kappa shape index (κ2) is 10.4. The van der Waals surface area contributed by atoms with Gasteiger partial charge in [-0.05, 0) is 65.2 Å². The Morgan fingerprint density at radius 3 is 2.47 bits per heavy atom. The molecule has 4 rings (SSSR count). The van der Waals surface area contributed by atoms with E-state index in [0.29, 0.717) is 28.7 Å². The van der Waals surface area contributed by atoms with Crippen molar-refractivity contribution in [2.45, 2.75) is 26.4 Å². The molecule has 9 heteroatoms. The van der Waals surface area contributed by atoms with Crippen molar-refractivity contribution in [3.8, 4) is 17.2 Å². The number of amides is 1. The minimum atomic E-state index is -0.0750. The Morgan fingerprint density at radius 2 is 1.81 bits per heavy atom. The molecule has 0 saturated heterocycles. The lowest BCUT2D eigenvalue weighted by atomic mass is 10.2. The number of hydrogen-bond donors (Lipinski definition) is 0. The lowest BCUT2D eigenvalue weighted by Crippen LogP contribution is -2.33. The number of carbonyl (C=O) groups is 1. The van der Waals surface area contributed by atoms with E-state index in [0.717, 1.165) is 28.9 Å². The van der Waals surface area contributed by atoms with Gasteiger partial charge in [0.05, 0.1) is 16.3 Å². The number of hydrogen-bond acceptors (Lipinski definition) is 7. The van der Waals surface area contributed by atoms with E-state index >= 15 is 0 Å². The normalized spacial score (nSPS) is 12.3. The van der Waals surface area contributed by atoms with Crippen molar-refractivity contribution >= 4 is 45.0 Å². The van der Waals surface area contributed by atoms with Crippen LogP contribution in [-0.4, -0.2) is 55.9 Å². The molecule has 0 aliphatic carbocycles. The monoisotopic (exact) mass is 477 g/mol. The van der Waals surface area contributed by atoms with Gasteiger partial charge in [0, 0.05) is 24.2 Å². The van der Waals surface area contributed by atoms with E-state index in [4.69, 9.17) is 19.2 Å². The van der Waals surface area contributed by atoms with Crippen LogP contribution >= 0.6 is 23.7 Å². The van der Waals surface area contributed by atoms with Crippen LogP contribution in [0.5, 0.6) is 17.2 Å².